The molecule has 0 saturated heterocycles. The molecule has 1 saturated carbocycles. The first-order chi connectivity index (χ1) is 10.5. The number of aryl methyl sites for hydroxylation is 2. The maximum absolute atomic E-state index is 12.2. The van der Waals surface area contributed by atoms with Crippen molar-refractivity contribution in [3.63, 3.8) is 0 Å². The first-order valence-electron chi connectivity index (χ1n) is 7.68. The lowest BCUT2D eigenvalue weighted by Gasteiger charge is -2.14. The van der Waals surface area contributed by atoms with Crippen LogP contribution in [0.15, 0.2) is 23.0 Å². The van der Waals surface area contributed by atoms with Crippen LogP contribution in [0, 0.1) is 5.92 Å². The quantitative estimate of drug-likeness (QED) is 0.897. The average molecular weight is 302 g/mol. The summed E-state index contributed by atoms with van der Waals surface area (Å²) in [6.45, 7) is 0. The van der Waals surface area contributed by atoms with Crippen molar-refractivity contribution < 1.29 is 4.79 Å². The van der Waals surface area contributed by atoms with Crippen molar-refractivity contribution in [2.75, 3.05) is 5.32 Å². The molecular formula is C16H22N4O2. The number of hydrogen-bond donors (Lipinski definition) is 2. The van der Waals surface area contributed by atoms with E-state index in [1.165, 1.54) is 0 Å². The van der Waals surface area contributed by atoms with Crippen molar-refractivity contribution >= 4 is 22.6 Å². The summed E-state index contributed by atoms with van der Waals surface area (Å²) in [5, 5.41) is 2.92. The molecule has 118 valence electrons. The van der Waals surface area contributed by atoms with Gasteiger partial charge in [-0.1, -0.05) is 6.42 Å². The third-order valence-electron chi connectivity index (χ3n) is 4.72. The van der Waals surface area contributed by atoms with E-state index in [9.17, 15) is 9.59 Å². The van der Waals surface area contributed by atoms with Crippen LogP contribution >= 0.6 is 0 Å². The zero-order chi connectivity index (χ0) is 15.9. The fraction of sp³-hybridized carbons (Fsp3) is 0.500. The molecule has 3 rings (SSSR count). The van der Waals surface area contributed by atoms with Gasteiger partial charge in [0.2, 0.25) is 5.91 Å². The molecule has 1 amide bonds. The van der Waals surface area contributed by atoms with Crippen LogP contribution in [0.25, 0.3) is 11.0 Å². The molecule has 1 fully saturated rings. The number of carbonyl (C=O) groups is 1. The number of nitrogens with two attached hydrogens (primary N) is 1. The molecule has 1 heterocycles. The predicted octanol–water partition coefficient (Wildman–Crippen LogP) is 1.33. The molecule has 1 aromatic heterocycles. The molecule has 3 N–H and O–H groups in total. The van der Waals surface area contributed by atoms with Crippen LogP contribution in [-0.2, 0) is 18.9 Å². The third kappa shape index (κ3) is 2.54. The number of hydrogen-bond acceptors (Lipinski definition) is 3. The molecule has 0 bridgehead atoms. The molecule has 0 radical (unpaired) electrons. The first kappa shape index (κ1) is 14.8. The minimum absolute atomic E-state index is 0.0115. The number of nitrogens with one attached hydrogen (secondary N) is 1. The minimum atomic E-state index is -0.0737. The molecule has 22 heavy (non-hydrogen) atoms. The van der Waals surface area contributed by atoms with E-state index in [1.54, 1.807) is 23.2 Å². The number of rotatable bonds is 3. The second-order valence-corrected chi connectivity index (χ2v) is 6.21. The van der Waals surface area contributed by atoms with Crippen LogP contribution in [0.5, 0.6) is 0 Å². The molecule has 0 aliphatic heterocycles. The number of imidazole rings is 1. The van der Waals surface area contributed by atoms with Crippen LogP contribution in [0.4, 0.5) is 5.69 Å². The van der Waals surface area contributed by atoms with Crippen LogP contribution in [0.2, 0.25) is 0 Å². The Kier molecular flexibility index (Phi) is 3.78. The van der Waals surface area contributed by atoms with E-state index < -0.39 is 0 Å². The Balaban J connectivity index is 1.78. The third-order valence-corrected chi connectivity index (χ3v) is 4.72. The van der Waals surface area contributed by atoms with Gasteiger partial charge >= 0.3 is 5.69 Å². The lowest BCUT2D eigenvalue weighted by Crippen LogP contribution is -2.28. The van der Waals surface area contributed by atoms with Gasteiger partial charge in [-0.05, 0) is 37.0 Å². The highest BCUT2D eigenvalue weighted by atomic mass is 16.2. The summed E-state index contributed by atoms with van der Waals surface area (Å²) in [5.41, 5.74) is 8.31. The number of anilines is 1. The van der Waals surface area contributed by atoms with Gasteiger partial charge in [0.15, 0.2) is 0 Å². The lowest BCUT2D eigenvalue weighted by molar-refractivity contribution is -0.117. The first-order valence-corrected chi connectivity index (χ1v) is 7.68. The zero-order valence-corrected chi connectivity index (χ0v) is 13.0. The molecule has 1 aliphatic carbocycles. The van der Waals surface area contributed by atoms with Crippen molar-refractivity contribution in [2.24, 2.45) is 25.7 Å². The van der Waals surface area contributed by atoms with Gasteiger partial charge in [0, 0.05) is 32.2 Å². The second kappa shape index (κ2) is 5.61. The molecular weight excluding hydrogens is 280 g/mol. The van der Waals surface area contributed by atoms with E-state index >= 15 is 0 Å². The molecule has 0 unspecified atom stereocenters. The van der Waals surface area contributed by atoms with Crippen molar-refractivity contribution in [1.29, 1.82) is 0 Å². The van der Waals surface area contributed by atoms with Gasteiger partial charge < -0.3 is 11.1 Å². The van der Waals surface area contributed by atoms with E-state index in [2.05, 4.69) is 5.32 Å². The largest absolute Gasteiger partial charge is 0.328 e. The maximum atomic E-state index is 12.2. The summed E-state index contributed by atoms with van der Waals surface area (Å²) in [7, 11) is 3.47. The summed E-state index contributed by atoms with van der Waals surface area (Å²) in [5.74, 6) is 0.271. The molecule has 6 heteroatoms. The van der Waals surface area contributed by atoms with E-state index in [-0.39, 0.29) is 23.6 Å². The number of carbonyl (C=O) groups excluding carboxylic acids is 1. The Hall–Kier alpha value is -2.08. The number of nitrogens with zero attached hydrogens (tertiary/aromatic N) is 2. The summed E-state index contributed by atoms with van der Waals surface area (Å²) in [6.07, 6.45) is 3.61. The lowest BCUT2D eigenvalue weighted by atomic mass is 10.00. The Morgan fingerprint density at radius 2 is 2.00 bits per heavy atom. The van der Waals surface area contributed by atoms with Gasteiger partial charge in [0.05, 0.1) is 11.0 Å². The van der Waals surface area contributed by atoms with Gasteiger partial charge in [-0.3, -0.25) is 13.9 Å². The van der Waals surface area contributed by atoms with E-state index in [1.807, 2.05) is 18.2 Å². The summed E-state index contributed by atoms with van der Waals surface area (Å²) < 4.78 is 3.18. The zero-order valence-electron chi connectivity index (χ0n) is 13.0. The average Bonchev–Trinajstić information content (AvgIpc) is 2.97. The molecule has 2 atom stereocenters. The highest BCUT2D eigenvalue weighted by Gasteiger charge is 2.26. The van der Waals surface area contributed by atoms with Gasteiger partial charge in [-0.15, -0.1) is 0 Å². The number of fused-ring (bicyclic) bond motifs is 1. The molecule has 2 aromatic rings. The molecule has 1 aromatic carbocycles. The minimum Gasteiger partial charge on any atom is -0.327 e. The van der Waals surface area contributed by atoms with Crippen molar-refractivity contribution in [1.82, 2.24) is 9.13 Å². The van der Waals surface area contributed by atoms with Crippen molar-refractivity contribution in [3.8, 4) is 0 Å². The van der Waals surface area contributed by atoms with Crippen LogP contribution in [0.1, 0.15) is 25.7 Å². The SMILES string of the molecule is Cn1c(=O)n(C)c2cc(NC(=O)C[C@@H]3CCC[C@H]3N)ccc21. The second-order valence-electron chi connectivity index (χ2n) is 6.21. The van der Waals surface area contributed by atoms with Gasteiger partial charge in [-0.25, -0.2) is 4.79 Å². The number of benzene rings is 1. The highest BCUT2D eigenvalue weighted by Crippen LogP contribution is 2.27. The maximum Gasteiger partial charge on any atom is 0.328 e. The fourth-order valence-electron chi connectivity index (χ4n) is 3.35. The molecule has 0 spiro atoms. The smallest absolute Gasteiger partial charge is 0.327 e. The van der Waals surface area contributed by atoms with Crippen LogP contribution in [-0.4, -0.2) is 21.1 Å². The van der Waals surface area contributed by atoms with E-state index in [0.29, 0.717) is 12.1 Å². The Morgan fingerprint density at radius 1 is 1.27 bits per heavy atom. The topological polar surface area (TPSA) is 82.0 Å². The summed E-state index contributed by atoms with van der Waals surface area (Å²) >= 11 is 0. The van der Waals surface area contributed by atoms with Crippen molar-refractivity contribution in [2.45, 2.75) is 31.7 Å². The number of amides is 1. The van der Waals surface area contributed by atoms with Crippen LogP contribution < -0.4 is 16.7 Å². The fourth-order valence-corrected chi connectivity index (χ4v) is 3.35. The van der Waals surface area contributed by atoms with Crippen molar-refractivity contribution in [3.05, 3.63) is 28.7 Å². The van der Waals surface area contributed by atoms with Crippen LogP contribution in [0.3, 0.4) is 0 Å². The summed E-state index contributed by atoms with van der Waals surface area (Å²) in [4.78, 5) is 24.1. The number of aromatic nitrogens is 2. The Morgan fingerprint density at radius 3 is 2.68 bits per heavy atom. The van der Waals surface area contributed by atoms with Gasteiger partial charge in [0.1, 0.15) is 0 Å². The summed E-state index contributed by atoms with van der Waals surface area (Å²) in [6, 6.07) is 5.66. The standard InChI is InChI=1S/C16H22N4O2/c1-19-13-7-6-11(9-14(13)20(2)16(19)22)18-15(21)8-10-4-3-5-12(10)17/h6-7,9-10,12H,3-5,8,17H2,1-2H3,(H,18,21)/t10-,12+/m0/s1. The monoisotopic (exact) mass is 302 g/mol. The van der Waals surface area contributed by atoms with Gasteiger partial charge in [0.25, 0.3) is 0 Å². The van der Waals surface area contributed by atoms with E-state index in [4.69, 9.17) is 5.73 Å². The Bertz CT molecular complexity index is 774. The van der Waals surface area contributed by atoms with Gasteiger partial charge in [-0.2, -0.15) is 0 Å². The molecule has 6 nitrogen and oxygen atoms in total. The Labute approximate surface area is 128 Å². The highest BCUT2D eigenvalue weighted by molar-refractivity contribution is 5.93. The normalized spacial score (nSPS) is 21.4. The predicted molar refractivity (Wildman–Crippen MR) is 86.7 cm³/mol. The van der Waals surface area contributed by atoms with E-state index in [0.717, 1.165) is 30.3 Å². The molecule has 1 aliphatic rings.